The summed E-state index contributed by atoms with van der Waals surface area (Å²) in [5.41, 5.74) is 3.68. The molecule has 0 aliphatic heterocycles. The summed E-state index contributed by atoms with van der Waals surface area (Å²) < 4.78 is 16.2. The zero-order chi connectivity index (χ0) is 19.7. The van der Waals surface area contributed by atoms with E-state index in [0.29, 0.717) is 17.9 Å². The number of rotatable bonds is 5. The number of methoxy groups -OCH3 is 1. The lowest BCUT2D eigenvalue weighted by Crippen LogP contribution is -2.23. The maximum absolute atomic E-state index is 12.3. The van der Waals surface area contributed by atoms with Gasteiger partial charge in [0.05, 0.1) is 7.11 Å². The molecule has 7 heteroatoms. The topological polar surface area (TPSA) is 90.4 Å². The number of benzene rings is 2. The first-order valence-corrected chi connectivity index (χ1v) is 8.80. The molecule has 1 amide bonds. The summed E-state index contributed by atoms with van der Waals surface area (Å²) in [4.78, 5) is 16.5. The zero-order valence-electron chi connectivity index (χ0n) is 15.8. The molecule has 0 radical (unpaired) electrons. The summed E-state index contributed by atoms with van der Waals surface area (Å²) in [6.07, 6.45) is 0. The minimum Gasteiger partial charge on any atom is -0.497 e. The molecule has 0 saturated carbocycles. The molecule has 2 aromatic heterocycles. The molecule has 2 heterocycles. The fraction of sp³-hybridized carbons (Fsp3) is 0.190. The molecule has 0 unspecified atom stereocenters. The van der Waals surface area contributed by atoms with Crippen LogP contribution < -0.4 is 10.1 Å². The number of carbonyl (C=O) groups is 1. The number of nitrogens with zero attached hydrogens (tertiary/aromatic N) is 2. The van der Waals surface area contributed by atoms with E-state index in [1.807, 2.05) is 56.3 Å². The van der Waals surface area contributed by atoms with Crippen molar-refractivity contribution in [2.24, 2.45) is 0 Å². The summed E-state index contributed by atoms with van der Waals surface area (Å²) >= 11 is 0. The van der Waals surface area contributed by atoms with Crippen molar-refractivity contribution in [1.29, 1.82) is 0 Å². The fourth-order valence-corrected chi connectivity index (χ4v) is 2.91. The molecule has 4 rings (SSSR count). The molecule has 0 spiro atoms. The minimum absolute atomic E-state index is 0.112. The van der Waals surface area contributed by atoms with Crippen molar-refractivity contribution >= 4 is 16.9 Å². The molecule has 1 N–H and O–H groups in total. The van der Waals surface area contributed by atoms with Gasteiger partial charge in [-0.15, -0.1) is 0 Å². The van der Waals surface area contributed by atoms with Gasteiger partial charge < -0.3 is 19.0 Å². The highest BCUT2D eigenvalue weighted by atomic mass is 16.5. The first-order chi connectivity index (χ1) is 13.5. The third-order valence-electron chi connectivity index (χ3n) is 4.54. The van der Waals surface area contributed by atoms with Crippen LogP contribution in [0.5, 0.6) is 5.75 Å². The van der Waals surface area contributed by atoms with Crippen molar-refractivity contribution in [3.63, 3.8) is 0 Å². The zero-order valence-corrected chi connectivity index (χ0v) is 15.8. The van der Waals surface area contributed by atoms with E-state index in [9.17, 15) is 4.79 Å². The first kappa shape index (κ1) is 17.8. The number of carbonyl (C=O) groups excluding carboxylic acids is 1. The number of hydrogen-bond acceptors (Lipinski definition) is 6. The molecule has 28 heavy (non-hydrogen) atoms. The number of fused-ring (bicyclic) bond motifs is 1. The first-order valence-electron chi connectivity index (χ1n) is 8.80. The van der Waals surface area contributed by atoms with Crippen molar-refractivity contribution in [1.82, 2.24) is 15.5 Å². The Morgan fingerprint density at radius 2 is 1.93 bits per heavy atom. The smallest absolute Gasteiger partial charge is 0.316 e. The molecule has 0 atom stereocenters. The summed E-state index contributed by atoms with van der Waals surface area (Å²) in [6, 6.07) is 13.4. The quantitative estimate of drug-likeness (QED) is 0.564. The van der Waals surface area contributed by atoms with E-state index in [1.165, 1.54) is 0 Å². The highest BCUT2D eigenvalue weighted by molar-refractivity contribution is 5.91. The Kier molecular flexibility index (Phi) is 4.57. The van der Waals surface area contributed by atoms with Crippen molar-refractivity contribution in [2.75, 3.05) is 7.11 Å². The molecule has 0 fully saturated rings. The SMILES string of the molecule is COc1ccc2oc(-c3noc(C(=O)NCc4ccc(C)cc4)n3)c(C)c2c1. The molecule has 4 aromatic rings. The highest BCUT2D eigenvalue weighted by Crippen LogP contribution is 2.33. The molecule has 0 bridgehead atoms. The third-order valence-corrected chi connectivity index (χ3v) is 4.54. The lowest BCUT2D eigenvalue weighted by molar-refractivity contribution is 0.0907. The van der Waals surface area contributed by atoms with Gasteiger partial charge in [-0.2, -0.15) is 4.98 Å². The van der Waals surface area contributed by atoms with Gasteiger partial charge >= 0.3 is 11.8 Å². The predicted octanol–water partition coefficient (Wildman–Crippen LogP) is 4.04. The molecular formula is C21H19N3O4. The van der Waals surface area contributed by atoms with Gasteiger partial charge in [-0.25, -0.2) is 0 Å². The van der Waals surface area contributed by atoms with Gasteiger partial charge in [0.2, 0.25) is 5.82 Å². The number of aryl methyl sites for hydroxylation is 2. The van der Waals surface area contributed by atoms with Gasteiger partial charge in [0.15, 0.2) is 5.76 Å². The second-order valence-corrected chi connectivity index (χ2v) is 6.51. The number of amides is 1. The largest absolute Gasteiger partial charge is 0.497 e. The van der Waals surface area contributed by atoms with Crippen LogP contribution in [-0.2, 0) is 6.54 Å². The summed E-state index contributed by atoms with van der Waals surface area (Å²) in [5.74, 6) is 0.874. The van der Waals surface area contributed by atoms with Crippen molar-refractivity contribution in [3.8, 4) is 17.3 Å². The summed E-state index contributed by atoms with van der Waals surface area (Å²) in [6.45, 7) is 4.28. The van der Waals surface area contributed by atoms with E-state index < -0.39 is 5.91 Å². The van der Waals surface area contributed by atoms with E-state index in [-0.39, 0.29) is 11.7 Å². The molecular weight excluding hydrogens is 358 g/mol. The monoisotopic (exact) mass is 377 g/mol. The number of nitrogens with one attached hydrogen (secondary N) is 1. The Hall–Kier alpha value is -3.61. The van der Waals surface area contributed by atoms with Crippen LogP contribution in [0.25, 0.3) is 22.6 Å². The van der Waals surface area contributed by atoms with Gasteiger partial charge in [-0.3, -0.25) is 4.79 Å². The maximum atomic E-state index is 12.3. The predicted molar refractivity (Wildman–Crippen MR) is 103 cm³/mol. The van der Waals surface area contributed by atoms with E-state index in [0.717, 1.165) is 27.8 Å². The van der Waals surface area contributed by atoms with E-state index in [4.69, 9.17) is 13.7 Å². The van der Waals surface area contributed by atoms with E-state index in [2.05, 4.69) is 15.5 Å². The second-order valence-electron chi connectivity index (χ2n) is 6.51. The van der Waals surface area contributed by atoms with Gasteiger partial charge in [-0.05, 0) is 37.6 Å². The number of furan rings is 1. The Bertz CT molecular complexity index is 1140. The average molecular weight is 377 g/mol. The van der Waals surface area contributed by atoms with Crippen LogP contribution in [0.2, 0.25) is 0 Å². The van der Waals surface area contributed by atoms with Crippen molar-refractivity contribution < 1.29 is 18.5 Å². The Morgan fingerprint density at radius 1 is 1.14 bits per heavy atom. The van der Waals surface area contributed by atoms with Crippen molar-refractivity contribution in [2.45, 2.75) is 20.4 Å². The molecule has 7 nitrogen and oxygen atoms in total. The van der Waals surface area contributed by atoms with Gasteiger partial charge in [0, 0.05) is 17.5 Å². The molecule has 0 aliphatic rings. The minimum atomic E-state index is -0.435. The number of ether oxygens (including phenoxy) is 1. The average Bonchev–Trinajstić information content (AvgIpc) is 3.32. The molecule has 2 aromatic carbocycles. The van der Waals surface area contributed by atoms with Crippen LogP contribution in [0, 0.1) is 13.8 Å². The molecule has 142 valence electrons. The van der Waals surface area contributed by atoms with Crippen molar-refractivity contribution in [3.05, 3.63) is 65.0 Å². The Balaban J connectivity index is 1.53. The Morgan fingerprint density at radius 3 is 2.68 bits per heavy atom. The summed E-state index contributed by atoms with van der Waals surface area (Å²) in [7, 11) is 1.61. The van der Waals surface area contributed by atoms with Crippen LogP contribution in [0.4, 0.5) is 0 Å². The van der Waals surface area contributed by atoms with E-state index in [1.54, 1.807) is 7.11 Å². The van der Waals surface area contributed by atoms with Gasteiger partial charge in [0.1, 0.15) is 11.3 Å². The second kappa shape index (κ2) is 7.19. The number of hydrogen-bond donors (Lipinski definition) is 1. The van der Waals surface area contributed by atoms with Gasteiger partial charge in [0.25, 0.3) is 0 Å². The van der Waals surface area contributed by atoms with Gasteiger partial charge in [-0.1, -0.05) is 35.0 Å². The van der Waals surface area contributed by atoms with Crippen LogP contribution in [0.15, 0.2) is 51.4 Å². The van der Waals surface area contributed by atoms with E-state index >= 15 is 0 Å². The maximum Gasteiger partial charge on any atom is 0.316 e. The molecule has 0 aliphatic carbocycles. The third kappa shape index (κ3) is 3.34. The lowest BCUT2D eigenvalue weighted by Gasteiger charge is -2.02. The molecule has 0 saturated heterocycles. The Labute approximate surface area is 161 Å². The standard InChI is InChI=1S/C21H19N3O4/c1-12-4-6-14(7-5-12)11-22-20(25)21-23-19(24-28-21)18-13(2)16-10-15(26-3)8-9-17(16)27-18/h4-10H,11H2,1-3H3,(H,22,25). The normalized spacial score (nSPS) is 11.0. The van der Waals surface area contributed by atoms with Crippen LogP contribution in [0.1, 0.15) is 27.4 Å². The van der Waals surface area contributed by atoms with Crippen LogP contribution in [0.3, 0.4) is 0 Å². The van der Waals surface area contributed by atoms with Crippen LogP contribution >= 0.6 is 0 Å². The fourth-order valence-electron chi connectivity index (χ4n) is 2.91. The highest BCUT2D eigenvalue weighted by Gasteiger charge is 2.21. The summed E-state index contributed by atoms with van der Waals surface area (Å²) in [5, 5.41) is 7.57. The lowest BCUT2D eigenvalue weighted by atomic mass is 10.1. The van der Waals surface area contributed by atoms with Crippen LogP contribution in [-0.4, -0.2) is 23.2 Å². The number of aromatic nitrogens is 2.